The van der Waals surface area contributed by atoms with Gasteiger partial charge in [-0.2, -0.15) is 0 Å². The van der Waals surface area contributed by atoms with Crippen LogP contribution in [0.1, 0.15) is 53.0 Å². The molecule has 0 spiro atoms. The maximum Gasteiger partial charge on any atom is 0.124 e. The Morgan fingerprint density at radius 3 is 2.42 bits per heavy atom. The van der Waals surface area contributed by atoms with Gasteiger partial charge in [0.05, 0.1) is 6.10 Å². The molecule has 0 heterocycles. The molecule has 0 aliphatic heterocycles. The van der Waals surface area contributed by atoms with Gasteiger partial charge in [-0.3, -0.25) is 0 Å². The quantitative estimate of drug-likeness (QED) is 0.751. The summed E-state index contributed by atoms with van der Waals surface area (Å²) < 4.78 is 5.84. The maximum absolute atomic E-state index is 5.84. The molecule has 108 valence electrons. The molecule has 19 heavy (non-hydrogen) atoms. The Kier molecular flexibility index (Phi) is 6.93. The van der Waals surface area contributed by atoms with Crippen LogP contribution in [0.5, 0.6) is 5.75 Å². The third-order valence-electron chi connectivity index (χ3n) is 3.43. The van der Waals surface area contributed by atoms with E-state index in [0.29, 0.717) is 6.04 Å². The van der Waals surface area contributed by atoms with Gasteiger partial charge in [0.1, 0.15) is 5.75 Å². The zero-order valence-corrected chi connectivity index (χ0v) is 13.1. The molecule has 0 aromatic heterocycles. The molecule has 0 fully saturated rings. The zero-order valence-electron chi connectivity index (χ0n) is 13.1. The number of ether oxygens (including phenoxy) is 1. The molecule has 1 aromatic carbocycles. The highest BCUT2D eigenvalue weighted by molar-refractivity contribution is 5.33. The van der Waals surface area contributed by atoms with Crippen molar-refractivity contribution in [3.63, 3.8) is 0 Å². The van der Waals surface area contributed by atoms with Crippen LogP contribution in [0.3, 0.4) is 0 Å². The number of hydrogen-bond acceptors (Lipinski definition) is 2. The van der Waals surface area contributed by atoms with Crippen LogP contribution in [0.2, 0.25) is 0 Å². The van der Waals surface area contributed by atoms with E-state index in [0.717, 1.165) is 18.2 Å². The first-order chi connectivity index (χ1) is 9.02. The van der Waals surface area contributed by atoms with Gasteiger partial charge in [0.2, 0.25) is 0 Å². The second kappa shape index (κ2) is 8.21. The molecule has 0 radical (unpaired) electrons. The molecule has 2 nitrogen and oxygen atoms in total. The first-order valence-corrected chi connectivity index (χ1v) is 7.50. The van der Waals surface area contributed by atoms with Gasteiger partial charge in [-0.15, -0.1) is 0 Å². The second-order valence-electron chi connectivity index (χ2n) is 5.81. The van der Waals surface area contributed by atoms with Crippen LogP contribution in [0.15, 0.2) is 24.3 Å². The Bertz CT molecular complexity index is 362. The van der Waals surface area contributed by atoms with Gasteiger partial charge in [0.15, 0.2) is 0 Å². The van der Waals surface area contributed by atoms with Gasteiger partial charge >= 0.3 is 0 Å². The molecule has 2 atom stereocenters. The van der Waals surface area contributed by atoms with Crippen molar-refractivity contribution >= 4 is 0 Å². The second-order valence-corrected chi connectivity index (χ2v) is 5.81. The van der Waals surface area contributed by atoms with Crippen molar-refractivity contribution in [2.45, 2.75) is 66.2 Å². The summed E-state index contributed by atoms with van der Waals surface area (Å²) in [4.78, 5) is 0. The maximum atomic E-state index is 5.84. The molecular weight excluding hydrogens is 234 g/mol. The van der Waals surface area contributed by atoms with Gasteiger partial charge in [-0.05, 0) is 39.2 Å². The van der Waals surface area contributed by atoms with Crippen molar-refractivity contribution in [1.82, 2.24) is 5.32 Å². The lowest BCUT2D eigenvalue weighted by atomic mass is 10.0. The molecule has 1 N–H and O–H groups in total. The lowest BCUT2D eigenvalue weighted by Gasteiger charge is -2.19. The predicted octanol–water partition coefficient (Wildman–Crippen LogP) is 4.39. The first-order valence-electron chi connectivity index (χ1n) is 7.50. The highest BCUT2D eigenvalue weighted by Gasteiger charge is 2.09. The summed E-state index contributed by atoms with van der Waals surface area (Å²) >= 11 is 0. The van der Waals surface area contributed by atoms with Crippen molar-refractivity contribution in [3.05, 3.63) is 29.8 Å². The Hall–Kier alpha value is -1.02. The van der Waals surface area contributed by atoms with Crippen molar-refractivity contribution in [2.75, 3.05) is 0 Å². The number of nitrogens with one attached hydrogen (secondary N) is 1. The molecule has 0 aliphatic carbocycles. The Morgan fingerprint density at radius 2 is 1.79 bits per heavy atom. The van der Waals surface area contributed by atoms with E-state index in [-0.39, 0.29) is 6.10 Å². The van der Waals surface area contributed by atoms with Crippen LogP contribution in [0.25, 0.3) is 0 Å². The topological polar surface area (TPSA) is 21.3 Å². The normalized spacial score (nSPS) is 14.4. The summed E-state index contributed by atoms with van der Waals surface area (Å²) in [6.07, 6.45) is 2.70. The molecule has 0 aliphatic rings. The van der Waals surface area contributed by atoms with Crippen LogP contribution in [0.4, 0.5) is 0 Å². The van der Waals surface area contributed by atoms with E-state index < -0.39 is 0 Å². The SMILES string of the molecule is CCC(C)CC(C)NCc1ccccc1OC(C)C. The van der Waals surface area contributed by atoms with E-state index in [2.05, 4.69) is 58.1 Å². The van der Waals surface area contributed by atoms with Crippen LogP contribution in [-0.4, -0.2) is 12.1 Å². The third kappa shape index (κ3) is 6.11. The summed E-state index contributed by atoms with van der Waals surface area (Å²) in [6.45, 7) is 11.8. The summed E-state index contributed by atoms with van der Waals surface area (Å²) in [7, 11) is 0. The fourth-order valence-electron chi connectivity index (χ4n) is 2.16. The van der Waals surface area contributed by atoms with E-state index >= 15 is 0 Å². The first kappa shape index (κ1) is 16.0. The zero-order chi connectivity index (χ0) is 14.3. The van der Waals surface area contributed by atoms with E-state index in [1.807, 2.05) is 6.07 Å². The van der Waals surface area contributed by atoms with Gasteiger partial charge in [-0.25, -0.2) is 0 Å². The minimum Gasteiger partial charge on any atom is -0.491 e. The smallest absolute Gasteiger partial charge is 0.124 e. The molecule has 1 rings (SSSR count). The number of benzene rings is 1. The molecule has 1 aromatic rings. The van der Waals surface area contributed by atoms with Crippen molar-refractivity contribution in [1.29, 1.82) is 0 Å². The van der Waals surface area contributed by atoms with Crippen LogP contribution >= 0.6 is 0 Å². The van der Waals surface area contributed by atoms with Gasteiger partial charge in [-0.1, -0.05) is 38.5 Å². The molecule has 0 saturated heterocycles. The highest BCUT2D eigenvalue weighted by Crippen LogP contribution is 2.19. The number of hydrogen-bond donors (Lipinski definition) is 1. The van der Waals surface area contributed by atoms with Gasteiger partial charge in [0, 0.05) is 18.2 Å². The monoisotopic (exact) mass is 263 g/mol. The Labute approximate surface area is 118 Å². The summed E-state index contributed by atoms with van der Waals surface area (Å²) in [5.41, 5.74) is 1.24. The third-order valence-corrected chi connectivity index (χ3v) is 3.43. The lowest BCUT2D eigenvalue weighted by Crippen LogP contribution is -2.27. The summed E-state index contributed by atoms with van der Waals surface area (Å²) in [5.74, 6) is 1.78. The van der Waals surface area contributed by atoms with Crippen molar-refractivity contribution in [3.8, 4) is 5.75 Å². The molecule has 2 unspecified atom stereocenters. The minimum atomic E-state index is 0.221. The summed E-state index contributed by atoms with van der Waals surface area (Å²) in [6, 6.07) is 8.84. The van der Waals surface area contributed by atoms with E-state index in [9.17, 15) is 0 Å². The molecule has 0 saturated carbocycles. The van der Waals surface area contributed by atoms with Crippen LogP contribution < -0.4 is 10.1 Å². The minimum absolute atomic E-state index is 0.221. The van der Waals surface area contributed by atoms with Crippen LogP contribution in [0, 0.1) is 5.92 Å². The average Bonchev–Trinajstić information content (AvgIpc) is 2.37. The van der Waals surface area contributed by atoms with Crippen molar-refractivity contribution in [2.24, 2.45) is 5.92 Å². The molecule has 0 bridgehead atoms. The van der Waals surface area contributed by atoms with E-state index in [4.69, 9.17) is 4.74 Å². The van der Waals surface area contributed by atoms with E-state index in [1.54, 1.807) is 0 Å². The number of para-hydroxylation sites is 1. The fourth-order valence-corrected chi connectivity index (χ4v) is 2.16. The van der Waals surface area contributed by atoms with Gasteiger partial charge in [0.25, 0.3) is 0 Å². The van der Waals surface area contributed by atoms with Gasteiger partial charge < -0.3 is 10.1 Å². The standard InChI is InChI=1S/C17H29NO/c1-6-14(4)11-15(5)18-12-16-9-7-8-10-17(16)19-13(2)3/h7-10,13-15,18H,6,11-12H2,1-5H3. The van der Waals surface area contributed by atoms with Crippen molar-refractivity contribution < 1.29 is 4.74 Å². The molecular formula is C17H29NO. The van der Waals surface area contributed by atoms with Crippen LogP contribution in [-0.2, 0) is 6.54 Å². The largest absolute Gasteiger partial charge is 0.491 e. The number of rotatable bonds is 8. The highest BCUT2D eigenvalue weighted by atomic mass is 16.5. The Balaban J connectivity index is 2.52. The predicted molar refractivity (Wildman–Crippen MR) is 82.6 cm³/mol. The molecule has 0 amide bonds. The fraction of sp³-hybridized carbons (Fsp3) is 0.647. The Morgan fingerprint density at radius 1 is 1.11 bits per heavy atom. The van der Waals surface area contributed by atoms with E-state index in [1.165, 1.54) is 18.4 Å². The average molecular weight is 263 g/mol. The summed E-state index contributed by atoms with van der Waals surface area (Å²) in [5, 5.41) is 3.60. The molecule has 2 heteroatoms. The lowest BCUT2D eigenvalue weighted by molar-refractivity contribution is 0.239.